The van der Waals surface area contributed by atoms with Crippen molar-refractivity contribution in [2.45, 2.75) is 0 Å². The van der Waals surface area contributed by atoms with E-state index in [1.165, 1.54) is 13.2 Å². The smallest absolute Gasteiger partial charge is 0.337 e. The Balaban J connectivity index is 1.41. The quantitative estimate of drug-likeness (QED) is 0.743. The average molecular weight is 358 g/mol. The van der Waals surface area contributed by atoms with Gasteiger partial charge in [0.1, 0.15) is 18.2 Å². The fraction of sp³-hybridized carbons (Fsp3) is 0.350. The normalized spacial score (nSPS) is 14.9. The first-order valence-electron chi connectivity index (χ1n) is 8.70. The number of rotatable bonds is 6. The number of hydrogen-bond acceptors (Lipinski definition) is 5. The lowest BCUT2D eigenvalue weighted by molar-refractivity contribution is 0.0600. The molecule has 26 heavy (non-hydrogen) atoms. The van der Waals surface area contributed by atoms with Crippen LogP contribution in [0.3, 0.4) is 0 Å². The Morgan fingerprint density at radius 1 is 1.04 bits per heavy atom. The molecule has 1 fully saturated rings. The van der Waals surface area contributed by atoms with Crippen LogP contribution in [0, 0.1) is 5.82 Å². The Morgan fingerprint density at radius 3 is 2.38 bits per heavy atom. The van der Waals surface area contributed by atoms with Crippen molar-refractivity contribution in [3.8, 4) is 5.75 Å². The molecule has 5 nitrogen and oxygen atoms in total. The van der Waals surface area contributed by atoms with E-state index in [2.05, 4.69) is 14.5 Å². The number of piperazine rings is 1. The summed E-state index contributed by atoms with van der Waals surface area (Å²) >= 11 is 0. The number of anilines is 1. The number of halogens is 1. The van der Waals surface area contributed by atoms with Crippen LogP contribution in [-0.4, -0.2) is 57.3 Å². The monoisotopic (exact) mass is 358 g/mol. The number of para-hydroxylation sites is 1. The SMILES string of the molecule is COC(=O)c1ccc(OCCN2CCN(c3ccccc3F)CC2)cc1. The minimum atomic E-state index is -0.357. The standard InChI is InChI=1S/C20H23FN2O3/c1-25-20(24)16-6-8-17(9-7-16)26-15-14-22-10-12-23(13-11-22)19-5-3-2-4-18(19)21/h2-9H,10-15H2,1H3. The minimum Gasteiger partial charge on any atom is -0.492 e. The zero-order valence-electron chi connectivity index (χ0n) is 14.9. The molecule has 0 radical (unpaired) electrons. The molecule has 0 saturated carbocycles. The highest BCUT2D eigenvalue weighted by Gasteiger charge is 2.19. The Kier molecular flexibility index (Phi) is 6.07. The van der Waals surface area contributed by atoms with Gasteiger partial charge in [-0.1, -0.05) is 12.1 Å². The van der Waals surface area contributed by atoms with Gasteiger partial charge in [-0.25, -0.2) is 9.18 Å². The second-order valence-electron chi connectivity index (χ2n) is 6.14. The highest BCUT2D eigenvalue weighted by Crippen LogP contribution is 2.20. The first-order valence-corrected chi connectivity index (χ1v) is 8.70. The molecule has 138 valence electrons. The van der Waals surface area contributed by atoms with E-state index in [-0.39, 0.29) is 11.8 Å². The molecular formula is C20H23FN2O3. The van der Waals surface area contributed by atoms with Gasteiger partial charge >= 0.3 is 5.97 Å². The lowest BCUT2D eigenvalue weighted by atomic mass is 10.2. The van der Waals surface area contributed by atoms with E-state index in [0.717, 1.165) is 38.5 Å². The van der Waals surface area contributed by atoms with Gasteiger partial charge in [-0.2, -0.15) is 0 Å². The highest BCUT2D eigenvalue weighted by molar-refractivity contribution is 5.89. The number of hydrogen-bond donors (Lipinski definition) is 0. The van der Waals surface area contributed by atoms with E-state index in [1.54, 1.807) is 30.3 Å². The van der Waals surface area contributed by atoms with Crippen molar-refractivity contribution in [3.05, 3.63) is 59.9 Å². The van der Waals surface area contributed by atoms with Gasteiger partial charge in [0.2, 0.25) is 0 Å². The first-order chi connectivity index (χ1) is 12.7. The summed E-state index contributed by atoms with van der Waals surface area (Å²) in [5.41, 5.74) is 1.18. The summed E-state index contributed by atoms with van der Waals surface area (Å²) in [7, 11) is 1.36. The topological polar surface area (TPSA) is 42.0 Å². The van der Waals surface area contributed by atoms with Crippen molar-refractivity contribution in [3.63, 3.8) is 0 Å². The lowest BCUT2D eigenvalue weighted by Crippen LogP contribution is -2.47. The first kappa shape index (κ1) is 18.2. The molecule has 0 spiro atoms. The summed E-state index contributed by atoms with van der Waals surface area (Å²) in [6, 6.07) is 13.8. The highest BCUT2D eigenvalue weighted by atomic mass is 19.1. The van der Waals surface area contributed by atoms with Crippen LogP contribution >= 0.6 is 0 Å². The van der Waals surface area contributed by atoms with E-state index in [0.29, 0.717) is 17.9 Å². The van der Waals surface area contributed by atoms with Crippen LogP contribution in [0.15, 0.2) is 48.5 Å². The second kappa shape index (κ2) is 8.67. The molecule has 0 aromatic heterocycles. The maximum absolute atomic E-state index is 13.9. The van der Waals surface area contributed by atoms with Gasteiger partial charge in [0.15, 0.2) is 0 Å². The molecular weight excluding hydrogens is 335 g/mol. The van der Waals surface area contributed by atoms with E-state index in [4.69, 9.17) is 4.74 Å². The predicted molar refractivity (Wildman–Crippen MR) is 98.3 cm³/mol. The van der Waals surface area contributed by atoms with Gasteiger partial charge in [-0.3, -0.25) is 4.90 Å². The molecule has 0 N–H and O–H groups in total. The molecule has 0 aliphatic carbocycles. The summed E-state index contributed by atoms with van der Waals surface area (Å²) in [4.78, 5) is 15.8. The Hall–Kier alpha value is -2.60. The van der Waals surface area contributed by atoms with E-state index in [9.17, 15) is 9.18 Å². The Labute approximate surface area is 152 Å². The molecule has 0 unspecified atom stereocenters. The zero-order chi connectivity index (χ0) is 18.4. The Bertz CT molecular complexity index is 728. The zero-order valence-corrected chi connectivity index (χ0v) is 14.9. The fourth-order valence-corrected chi connectivity index (χ4v) is 3.02. The molecule has 1 aliphatic rings. The van der Waals surface area contributed by atoms with Crippen LogP contribution in [0.25, 0.3) is 0 Å². The number of carbonyl (C=O) groups is 1. The number of esters is 1. The molecule has 1 heterocycles. The van der Waals surface area contributed by atoms with Crippen LogP contribution in [0.4, 0.5) is 10.1 Å². The number of benzene rings is 2. The van der Waals surface area contributed by atoms with Crippen molar-refractivity contribution in [1.82, 2.24) is 4.90 Å². The predicted octanol–water partition coefficient (Wildman–Crippen LogP) is 2.81. The summed E-state index contributed by atoms with van der Waals surface area (Å²) in [5.74, 6) is 0.201. The molecule has 0 amide bonds. The van der Waals surface area contributed by atoms with Crippen molar-refractivity contribution in [1.29, 1.82) is 0 Å². The molecule has 2 aromatic carbocycles. The summed E-state index contributed by atoms with van der Waals surface area (Å²) < 4.78 is 24.3. The van der Waals surface area contributed by atoms with Crippen LogP contribution in [0.5, 0.6) is 5.75 Å². The summed E-state index contributed by atoms with van der Waals surface area (Å²) in [5, 5.41) is 0. The van der Waals surface area contributed by atoms with Crippen LogP contribution < -0.4 is 9.64 Å². The van der Waals surface area contributed by atoms with Crippen molar-refractivity contribution >= 4 is 11.7 Å². The van der Waals surface area contributed by atoms with Crippen LogP contribution in [0.1, 0.15) is 10.4 Å². The van der Waals surface area contributed by atoms with Gasteiger partial charge in [0.25, 0.3) is 0 Å². The minimum absolute atomic E-state index is 0.167. The molecule has 0 atom stereocenters. The molecule has 0 bridgehead atoms. The molecule has 6 heteroatoms. The van der Waals surface area contributed by atoms with Crippen molar-refractivity contribution in [2.75, 3.05) is 51.3 Å². The molecule has 1 aliphatic heterocycles. The maximum atomic E-state index is 13.9. The largest absolute Gasteiger partial charge is 0.492 e. The Morgan fingerprint density at radius 2 is 1.73 bits per heavy atom. The maximum Gasteiger partial charge on any atom is 0.337 e. The number of ether oxygens (including phenoxy) is 2. The van der Waals surface area contributed by atoms with E-state index < -0.39 is 0 Å². The van der Waals surface area contributed by atoms with Crippen LogP contribution in [-0.2, 0) is 4.74 Å². The molecule has 2 aromatic rings. The third kappa shape index (κ3) is 4.52. The third-order valence-corrected chi connectivity index (χ3v) is 4.52. The van der Waals surface area contributed by atoms with Gasteiger partial charge < -0.3 is 14.4 Å². The van der Waals surface area contributed by atoms with Gasteiger partial charge in [0.05, 0.1) is 18.4 Å². The number of nitrogens with zero attached hydrogens (tertiary/aromatic N) is 2. The molecule has 3 rings (SSSR count). The molecule has 1 saturated heterocycles. The van der Waals surface area contributed by atoms with E-state index >= 15 is 0 Å². The third-order valence-electron chi connectivity index (χ3n) is 4.52. The number of methoxy groups -OCH3 is 1. The number of carbonyl (C=O) groups excluding carboxylic acids is 1. The van der Waals surface area contributed by atoms with Crippen LogP contribution in [0.2, 0.25) is 0 Å². The van der Waals surface area contributed by atoms with Gasteiger partial charge in [0, 0.05) is 32.7 Å². The van der Waals surface area contributed by atoms with Crippen molar-refractivity contribution < 1.29 is 18.7 Å². The summed E-state index contributed by atoms with van der Waals surface area (Å²) in [6.45, 7) is 4.72. The van der Waals surface area contributed by atoms with E-state index in [1.807, 2.05) is 12.1 Å². The second-order valence-corrected chi connectivity index (χ2v) is 6.14. The average Bonchev–Trinajstić information content (AvgIpc) is 2.69. The summed E-state index contributed by atoms with van der Waals surface area (Å²) in [6.07, 6.45) is 0. The fourth-order valence-electron chi connectivity index (χ4n) is 3.02. The lowest BCUT2D eigenvalue weighted by Gasteiger charge is -2.36. The van der Waals surface area contributed by atoms with Gasteiger partial charge in [-0.05, 0) is 36.4 Å². The van der Waals surface area contributed by atoms with Crippen molar-refractivity contribution in [2.24, 2.45) is 0 Å². The van der Waals surface area contributed by atoms with Gasteiger partial charge in [-0.15, -0.1) is 0 Å².